The highest BCUT2D eigenvalue weighted by molar-refractivity contribution is 5.94. The molecule has 0 atom stereocenters. The molecular formula is C20H23NO5. The summed E-state index contributed by atoms with van der Waals surface area (Å²) >= 11 is 0. The number of hydrogen-bond donors (Lipinski definition) is 2. The van der Waals surface area contributed by atoms with Crippen LogP contribution in [0.25, 0.3) is 0 Å². The van der Waals surface area contributed by atoms with Crippen LogP contribution in [0.5, 0.6) is 5.75 Å². The van der Waals surface area contributed by atoms with Crippen molar-refractivity contribution in [2.24, 2.45) is 0 Å². The predicted octanol–water partition coefficient (Wildman–Crippen LogP) is 3.37. The Morgan fingerprint density at radius 2 is 1.85 bits per heavy atom. The molecular weight excluding hydrogens is 334 g/mol. The van der Waals surface area contributed by atoms with Gasteiger partial charge in [-0.25, -0.2) is 4.79 Å². The maximum absolute atomic E-state index is 12.0. The number of carboxylic acid groups (broad SMARTS) is 1. The summed E-state index contributed by atoms with van der Waals surface area (Å²) in [5.41, 5.74) is 1.78. The number of ether oxygens (including phenoxy) is 2. The largest absolute Gasteiger partial charge is 0.496 e. The van der Waals surface area contributed by atoms with E-state index in [0.29, 0.717) is 31.7 Å². The third kappa shape index (κ3) is 6.22. The highest BCUT2D eigenvalue weighted by Gasteiger charge is 2.12. The van der Waals surface area contributed by atoms with Gasteiger partial charge in [0, 0.05) is 24.8 Å². The standard InChI is InChI=1S/C20H23NO5/c1-25-18-14-16(9-10-17(18)20(23)24)21-19(22)8-5-12-26-13-11-15-6-3-2-4-7-15/h2-4,6-7,9-10,14H,5,8,11-13H2,1H3,(H,21,22)(H,23,24). The van der Waals surface area contributed by atoms with Crippen molar-refractivity contribution >= 4 is 17.6 Å². The normalized spacial score (nSPS) is 10.3. The Morgan fingerprint density at radius 3 is 2.54 bits per heavy atom. The average molecular weight is 357 g/mol. The maximum Gasteiger partial charge on any atom is 0.339 e. The molecule has 26 heavy (non-hydrogen) atoms. The van der Waals surface area contributed by atoms with Gasteiger partial charge >= 0.3 is 5.97 Å². The molecule has 0 aliphatic heterocycles. The lowest BCUT2D eigenvalue weighted by atomic mass is 10.1. The van der Waals surface area contributed by atoms with Crippen molar-refractivity contribution < 1.29 is 24.2 Å². The molecule has 2 aromatic rings. The summed E-state index contributed by atoms with van der Waals surface area (Å²) < 4.78 is 10.6. The topological polar surface area (TPSA) is 84.9 Å². The van der Waals surface area contributed by atoms with Gasteiger partial charge in [-0.3, -0.25) is 4.79 Å². The Balaban J connectivity index is 1.68. The second-order valence-corrected chi connectivity index (χ2v) is 5.72. The van der Waals surface area contributed by atoms with E-state index in [1.54, 1.807) is 6.07 Å². The number of benzene rings is 2. The SMILES string of the molecule is COc1cc(NC(=O)CCCOCCc2ccccc2)ccc1C(=O)O. The lowest BCUT2D eigenvalue weighted by molar-refractivity contribution is -0.116. The molecule has 1 amide bonds. The fourth-order valence-corrected chi connectivity index (χ4v) is 2.44. The van der Waals surface area contributed by atoms with Crippen LogP contribution in [0.15, 0.2) is 48.5 Å². The van der Waals surface area contributed by atoms with Crippen LogP contribution in [0.4, 0.5) is 5.69 Å². The van der Waals surface area contributed by atoms with E-state index < -0.39 is 5.97 Å². The first-order chi connectivity index (χ1) is 12.6. The van der Waals surface area contributed by atoms with Crippen molar-refractivity contribution in [3.8, 4) is 5.75 Å². The summed E-state index contributed by atoms with van der Waals surface area (Å²) in [5, 5.41) is 11.8. The number of nitrogens with one attached hydrogen (secondary N) is 1. The molecule has 0 aliphatic rings. The van der Waals surface area contributed by atoms with E-state index in [4.69, 9.17) is 14.6 Å². The molecule has 2 N–H and O–H groups in total. The Morgan fingerprint density at radius 1 is 1.08 bits per heavy atom. The Labute approximate surface area is 152 Å². The molecule has 0 spiro atoms. The zero-order chi connectivity index (χ0) is 18.8. The van der Waals surface area contributed by atoms with E-state index in [-0.39, 0.29) is 17.2 Å². The fourth-order valence-electron chi connectivity index (χ4n) is 2.44. The summed E-state index contributed by atoms with van der Waals surface area (Å²) in [6.07, 6.45) is 1.79. The van der Waals surface area contributed by atoms with Crippen LogP contribution in [0.3, 0.4) is 0 Å². The van der Waals surface area contributed by atoms with Crippen LogP contribution in [0.1, 0.15) is 28.8 Å². The van der Waals surface area contributed by atoms with E-state index in [1.807, 2.05) is 18.2 Å². The molecule has 0 unspecified atom stereocenters. The van der Waals surface area contributed by atoms with Gasteiger partial charge in [0.1, 0.15) is 11.3 Å². The van der Waals surface area contributed by atoms with Crippen molar-refractivity contribution in [2.45, 2.75) is 19.3 Å². The summed E-state index contributed by atoms with van der Waals surface area (Å²) in [6, 6.07) is 14.5. The Kier molecular flexibility index (Phi) is 7.64. The average Bonchev–Trinajstić information content (AvgIpc) is 2.65. The van der Waals surface area contributed by atoms with Crippen LogP contribution in [-0.2, 0) is 16.0 Å². The molecule has 0 bridgehead atoms. The van der Waals surface area contributed by atoms with Crippen molar-refractivity contribution in [3.63, 3.8) is 0 Å². The van der Waals surface area contributed by atoms with Gasteiger partial charge in [0.15, 0.2) is 0 Å². The Bertz CT molecular complexity index is 730. The molecule has 138 valence electrons. The van der Waals surface area contributed by atoms with Crippen LogP contribution in [0, 0.1) is 0 Å². The lowest BCUT2D eigenvalue weighted by Gasteiger charge is -2.09. The summed E-state index contributed by atoms with van der Waals surface area (Å²) in [5.74, 6) is -1.02. The second kappa shape index (κ2) is 10.2. The first-order valence-electron chi connectivity index (χ1n) is 8.43. The van der Waals surface area contributed by atoms with E-state index in [9.17, 15) is 9.59 Å². The van der Waals surface area contributed by atoms with Crippen LogP contribution in [0.2, 0.25) is 0 Å². The summed E-state index contributed by atoms with van der Waals surface area (Å²) in [4.78, 5) is 23.0. The number of aromatic carboxylic acids is 1. The van der Waals surface area contributed by atoms with Gasteiger partial charge < -0.3 is 19.9 Å². The molecule has 6 heteroatoms. The highest BCUT2D eigenvalue weighted by atomic mass is 16.5. The summed E-state index contributed by atoms with van der Waals surface area (Å²) in [7, 11) is 1.39. The number of carboxylic acids is 1. The number of amides is 1. The second-order valence-electron chi connectivity index (χ2n) is 5.72. The van der Waals surface area contributed by atoms with E-state index in [1.165, 1.54) is 24.8 Å². The van der Waals surface area contributed by atoms with Gasteiger partial charge in [0.2, 0.25) is 5.91 Å². The number of hydrogen-bond acceptors (Lipinski definition) is 4. The van der Waals surface area contributed by atoms with Gasteiger partial charge in [0.05, 0.1) is 13.7 Å². The van der Waals surface area contributed by atoms with Gasteiger partial charge in [-0.2, -0.15) is 0 Å². The summed E-state index contributed by atoms with van der Waals surface area (Å²) in [6.45, 7) is 1.14. The van der Waals surface area contributed by atoms with E-state index in [0.717, 1.165) is 6.42 Å². The molecule has 0 fully saturated rings. The minimum absolute atomic E-state index is 0.0531. The van der Waals surface area contributed by atoms with Crippen molar-refractivity contribution in [1.29, 1.82) is 0 Å². The highest BCUT2D eigenvalue weighted by Crippen LogP contribution is 2.23. The van der Waals surface area contributed by atoms with Gasteiger partial charge in [-0.05, 0) is 30.5 Å². The molecule has 0 aliphatic carbocycles. The smallest absolute Gasteiger partial charge is 0.339 e. The minimum atomic E-state index is -1.08. The molecule has 0 radical (unpaired) electrons. The number of rotatable bonds is 10. The van der Waals surface area contributed by atoms with Gasteiger partial charge in [0.25, 0.3) is 0 Å². The van der Waals surface area contributed by atoms with Crippen molar-refractivity contribution in [2.75, 3.05) is 25.6 Å². The third-order valence-electron chi connectivity index (χ3n) is 3.79. The van der Waals surface area contributed by atoms with Crippen molar-refractivity contribution in [3.05, 3.63) is 59.7 Å². The number of carbonyl (C=O) groups excluding carboxylic acids is 1. The number of carbonyl (C=O) groups is 2. The van der Waals surface area contributed by atoms with E-state index >= 15 is 0 Å². The minimum Gasteiger partial charge on any atom is -0.496 e. The number of anilines is 1. The molecule has 0 aromatic heterocycles. The van der Waals surface area contributed by atoms with Crippen LogP contribution < -0.4 is 10.1 Å². The van der Waals surface area contributed by atoms with Gasteiger partial charge in [-0.1, -0.05) is 30.3 Å². The number of methoxy groups -OCH3 is 1. The predicted molar refractivity (Wildman–Crippen MR) is 98.8 cm³/mol. The first kappa shape index (κ1) is 19.5. The molecule has 0 saturated carbocycles. The Hall–Kier alpha value is -2.86. The first-order valence-corrected chi connectivity index (χ1v) is 8.43. The molecule has 2 aromatic carbocycles. The zero-order valence-electron chi connectivity index (χ0n) is 14.7. The van der Waals surface area contributed by atoms with E-state index in [2.05, 4.69) is 17.4 Å². The molecule has 2 rings (SSSR count). The van der Waals surface area contributed by atoms with Gasteiger partial charge in [-0.15, -0.1) is 0 Å². The van der Waals surface area contributed by atoms with Crippen LogP contribution >= 0.6 is 0 Å². The molecule has 0 heterocycles. The molecule has 0 saturated heterocycles. The van der Waals surface area contributed by atoms with Crippen molar-refractivity contribution in [1.82, 2.24) is 0 Å². The van der Waals surface area contributed by atoms with Crippen LogP contribution in [-0.4, -0.2) is 37.3 Å². The maximum atomic E-state index is 12.0. The zero-order valence-corrected chi connectivity index (χ0v) is 14.7. The quantitative estimate of drug-likeness (QED) is 0.637. The fraction of sp³-hybridized carbons (Fsp3) is 0.300. The lowest BCUT2D eigenvalue weighted by Crippen LogP contribution is -2.13. The third-order valence-corrected chi connectivity index (χ3v) is 3.79. The monoisotopic (exact) mass is 357 g/mol. The molecule has 6 nitrogen and oxygen atoms in total.